The fourth-order valence-electron chi connectivity index (χ4n) is 3.79. The van der Waals surface area contributed by atoms with Gasteiger partial charge in [0.2, 0.25) is 11.7 Å². The third-order valence-corrected chi connectivity index (χ3v) is 6.17. The zero-order valence-electron chi connectivity index (χ0n) is 20.6. The average molecular weight is 549 g/mol. The summed E-state index contributed by atoms with van der Waals surface area (Å²) in [5, 5.41) is 3.69. The van der Waals surface area contributed by atoms with Gasteiger partial charge in [-0.2, -0.15) is 0 Å². The lowest BCUT2D eigenvalue weighted by Gasteiger charge is -2.09. The second-order valence-corrected chi connectivity index (χ2v) is 9.17. The van der Waals surface area contributed by atoms with Crippen LogP contribution in [-0.2, 0) is 4.79 Å². The number of benzene rings is 2. The molecule has 0 saturated heterocycles. The first kappa shape index (κ1) is 27.1. The maximum Gasteiger partial charge on any atom is 0.238 e. The molecule has 5 rings (SSSR count). The fourth-order valence-corrected chi connectivity index (χ4v) is 4.13. The number of hydrogen-bond donors (Lipinski definition) is 4. The highest BCUT2D eigenvalue weighted by molar-refractivity contribution is 6.32. The van der Waals surface area contributed by atoms with Crippen LogP contribution in [-0.4, -0.2) is 46.2 Å². The second-order valence-electron chi connectivity index (χ2n) is 8.30. The zero-order chi connectivity index (χ0) is 27.1. The largest absolute Gasteiger partial charge is 0.360 e. The van der Waals surface area contributed by atoms with E-state index in [-0.39, 0.29) is 18.2 Å². The minimum atomic E-state index is -0.372. The number of anilines is 1. The molecule has 1 aliphatic rings. The first-order chi connectivity index (χ1) is 18.4. The summed E-state index contributed by atoms with van der Waals surface area (Å²) in [6.07, 6.45) is 4.45. The maximum absolute atomic E-state index is 12.3. The molecule has 0 bridgehead atoms. The van der Waals surface area contributed by atoms with Gasteiger partial charge < -0.3 is 21.0 Å². The molecule has 2 aromatic carbocycles. The van der Waals surface area contributed by atoms with Gasteiger partial charge in [-0.05, 0) is 67.1 Å². The summed E-state index contributed by atoms with van der Waals surface area (Å²) in [7, 11) is 0. The highest BCUT2D eigenvalue weighted by atomic mass is 35.5. The Hall–Kier alpha value is -3.98. The Morgan fingerprint density at radius 3 is 2.42 bits per heavy atom. The van der Waals surface area contributed by atoms with Crippen LogP contribution in [0.25, 0.3) is 0 Å². The number of H-pyrrole nitrogens is 2. The van der Waals surface area contributed by atoms with Gasteiger partial charge in [0.15, 0.2) is 0 Å². The minimum absolute atomic E-state index is 0.154. The number of rotatable bonds is 6. The molecule has 0 aliphatic carbocycles. The Labute approximate surface area is 230 Å². The van der Waals surface area contributed by atoms with Crippen LogP contribution < -0.4 is 11.1 Å². The van der Waals surface area contributed by atoms with Crippen LogP contribution in [0.15, 0.2) is 83.0 Å². The molecule has 0 fully saturated rings. The molecule has 2 aromatic heterocycles. The van der Waals surface area contributed by atoms with Gasteiger partial charge in [0.1, 0.15) is 0 Å². The molecule has 10 heteroatoms. The molecule has 194 valence electrons. The van der Waals surface area contributed by atoms with Gasteiger partial charge in [0.25, 0.3) is 0 Å². The van der Waals surface area contributed by atoms with Crippen molar-refractivity contribution in [2.75, 3.05) is 18.4 Å². The lowest BCUT2D eigenvalue weighted by Crippen LogP contribution is -2.23. The molecule has 0 unspecified atom stereocenters. The van der Waals surface area contributed by atoms with E-state index in [1.807, 2.05) is 36.5 Å². The number of ketones is 1. The number of aliphatic imine (C=N–C) groups is 2. The van der Waals surface area contributed by atoms with E-state index in [0.717, 1.165) is 34.8 Å². The molecule has 1 amide bonds. The maximum atomic E-state index is 12.3. The summed E-state index contributed by atoms with van der Waals surface area (Å²) < 4.78 is 0. The predicted octanol–water partition coefficient (Wildman–Crippen LogP) is 5.80. The van der Waals surface area contributed by atoms with Crippen molar-refractivity contribution in [3.8, 4) is 0 Å². The summed E-state index contributed by atoms with van der Waals surface area (Å²) in [6, 6.07) is 17.8. The van der Waals surface area contributed by atoms with Crippen LogP contribution in [0.5, 0.6) is 0 Å². The van der Waals surface area contributed by atoms with Crippen LogP contribution in [0.4, 0.5) is 11.4 Å². The lowest BCUT2D eigenvalue weighted by molar-refractivity contribution is -0.114. The van der Waals surface area contributed by atoms with Gasteiger partial charge in [-0.15, -0.1) is 0 Å². The topological polar surface area (TPSA) is 128 Å². The van der Waals surface area contributed by atoms with Gasteiger partial charge in [0, 0.05) is 39.3 Å². The number of halogens is 2. The average Bonchev–Trinajstić information content (AvgIpc) is 3.63. The van der Waals surface area contributed by atoms with Crippen molar-refractivity contribution in [3.63, 3.8) is 0 Å². The van der Waals surface area contributed by atoms with Crippen molar-refractivity contribution in [2.45, 2.75) is 13.3 Å². The van der Waals surface area contributed by atoms with E-state index >= 15 is 0 Å². The van der Waals surface area contributed by atoms with E-state index in [4.69, 9.17) is 33.9 Å². The fraction of sp³-hybridized carbons (Fsp3) is 0.143. The van der Waals surface area contributed by atoms with Crippen molar-refractivity contribution in [1.29, 1.82) is 0 Å². The monoisotopic (exact) mass is 548 g/mol. The Morgan fingerprint density at radius 2 is 1.74 bits per heavy atom. The first-order valence-corrected chi connectivity index (χ1v) is 12.7. The Bertz CT molecular complexity index is 1490. The van der Waals surface area contributed by atoms with Crippen LogP contribution in [0.2, 0.25) is 10.0 Å². The van der Waals surface area contributed by atoms with Crippen LogP contribution in [0.1, 0.15) is 40.7 Å². The van der Waals surface area contributed by atoms with E-state index < -0.39 is 0 Å². The van der Waals surface area contributed by atoms with Gasteiger partial charge in [-0.1, -0.05) is 30.1 Å². The van der Waals surface area contributed by atoms with E-state index in [2.05, 4.69) is 27.2 Å². The van der Waals surface area contributed by atoms with Crippen LogP contribution in [0.3, 0.4) is 0 Å². The molecule has 0 radical (unpaired) electrons. The zero-order valence-corrected chi connectivity index (χ0v) is 22.1. The Balaban J connectivity index is 0.000000177. The van der Waals surface area contributed by atoms with Gasteiger partial charge in [-0.25, -0.2) is 0 Å². The number of nitrogens with one attached hydrogen (secondary N) is 3. The predicted molar refractivity (Wildman–Crippen MR) is 153 cm³/mol. The summed E-state index contributed by atoms with van der Waals surface area (Å²) in [6.45, 7) is 2.58. The molecule has 3 heterocycles. The van der Waals surface area contributed by atoms with Crippen LogP contribution >= 0.6 is 23.2 Å². The smallest absolute Gasteiger partial charge is 0.238 e. The quantitative estimate of drug-likeness (QED) is 0.227. The van der Waals surface area contributed by atoms with E-state index in [0.29, 0.717) is 33.5 Å². The molecule has 1 aliphatic heterocycles. The van der Waals surface area contributed by atoms with E-state index in [1.54, 1.807) is 30.5 Å². The number of amides is 1. The molecule has 4 aromatic rings. The summed E-state index contributed by atoms with van der Waals surface area (Å²) in [5.74, 6) is -0.623. The third kappa shape index (κ3) is 6.47. The molecule has 38 heavy (non-hydrogen) atoms. The Kier molecular flexibility index (Phi) is 8.91. The molecule has 8 nitrogen and oxygen atoms in total. The van der Waals surface area contributed by atoms with Crippen LogP contribution in [0, 0.1) is 0 Å². The summed E-state index contributed by atoms with van der Waals surface area (Å²) in [5.41, 5.74) is 11.3. The lowest BCUT2D eigenvalue weighted by atomic mass is 10.1. The number of hydrogen-bond acceptors (Lipinski definition) is 5. The molecule has 5 N–H and O–H groups in total. The number of nitrogens with two attached hydrogens (primary N) is 1. The molecular formula is C28H26Cl2N6O2. The summed E-state index contributed by atoms with van der Waals surface area (Å²) in [4.78, 5) is 39.0. The number of carbonyl (C=O) groups excluding carboxylic acids is 2. The normalized spacial score (nSPS) is 12.3. The van der Waals surface area contributed by atoms with Crippen molar-refractivity contribution in [2.24, 2.45) is 15.7 Å². The van der Waals surface area contributed by atoms with Gasteiger partial charge in [-0.3, -0.25) is 19.6 Å². The first-order valence-electron chi connectivity index (χ1n) is 11.9. The third-order valence-electron chi connectivity index (χ3n) is 5.70. The van der Waals surface area contributed by atoms with Gasteiger partial charge >= 0.3 is 0 Å². The van der Waals surface area contributed by atoms with Gasteiger partial charge in [0.05, 0.1) is 41.6 Å². The number of nitrogens with zero attached hydrogens (tertiary/aromatic N) is 2. The second kappa shape index (κ2) is 12.5. The highest BCUT2D eigenvalue weighted by Crippen LogP contribution is 2.28. The summed E-state index contributed by atoms with van der Waals surface area (Å²) >= 11 is 12.0. The molecule has 0 atom stereocenters. The number of aromatic nitrogens is 2. The highest BCUT2D eigenvalue weighted by Gasteiger charge is 2.17. The van der Waals surface area contributed by atoms with Crippen molar-refractivity contribution in [3.05, 3.63) is 106 Å². The Morgan fingerprint density at radius 1 is 1.00 bits per heavy atom. The van der Waals surface area contributed by atoms with Crippen molar-refractivity contribution >= 4 is 57.7 Å². The molecular weight excluding hydrogens is 523 g/mol. The van der Waals surface area contributed by atoms with E-state index in [9.17, 15) is 9.59 Å². The molecule has 0 saturated carbocycles. The minimum Gasteiger partial charge on any atom is -0.360 e. The van der Waals surface area contributed by atoms with E-state index in [1.165, 1.54) is 6.07 Å². The standard InChI is InChI=1S/C15H14ClN3.C13H12ClN3O2/c1-2-11-9-18-15(14-4-3-7-17-14)12-8-10(16)5-6-13(12)19-11;14-8-3-4-10(17-12(18)7-15)9(6-8)13(19)11-2-1-5-16-11/h3-8,17H,2,9H2,1H3;1-6,16H,7,15H2,(H,17,18). The van der Waals surface area contributed by atoms with Crippen molar-refractivity contribution in [1.82, 2.24) is 9.97 Å². The number of aromatic amines is 2. The molecule has 0 spiro atoms. The number of carbonyl (C=O) groups is 2. The van der Waals surface area contributed by atoms with Crippen molar-refractivity contribution < 1.29 is 9.59 Å². The number of fused-ring (bicyclic) bond motifs is 1. The SMILES string of the molecule is CCC1=Nc2ccc(Cl)cc2C(c2ccc[nH]2)=NC1.NCC(=O)Nc1ccc(Cl)cc1C(=O)c1ccc[nH]1.